The third kappa shape index (κ3) is 4.45. The molecule has 130 valence electrons. The van der Waals surface area contributed by atoms with E-state index in [2.05, 4.69) is 30.5 Å². The van der Waals surface area contributed by atoms with E-state index in [-0.39, 0.29) is 23.8 Å². The Balaban J connectivity index is 2.06. The van der Waals surface area contributed by atoms with E-state index in [1.54, 1.807) is 17.4 Å². The molecule has 0 bridgehead atoms. The summed E-state index contributed by atoms with van der Waals surface area (Å²) in [6.45, 7) is 9.97. The summed E-state index contributed by atoms with van der Waals surface area (Å²) >= 11 is 3.10. The molecule has 0 saturated carbocycles. The van der Waals surface area contributed by atoms with Crippen LogP contribution in [0.4, 0.5) is 0 Å². The van der Waals surface area contributed by atoms with Crippen LogP contribution in [-0.2, 0) is 4.79 Å². The van der Waals surface area contributed by atoms with Gasteiger partial charge in [0.1, 0.15) is 6.04 Å². The molecule has 2 heterocycles. The van der Waals surface area contributed by atoms with Crippen LogP contribution in [-0.4, -0.2) is 17.9 Å². The van der Waals surface area contributed by atoms with Crippen molar-refractivity contribution in [3.63, 3.8) is 0 Å². The normalized spacial score (nSPS) is 13.6. The number of hydrogen-bond donors (Lipinski definition) is 2. The Morgan fingerprint density at radius 3 is 2.33 bits per heavy atom. The van der Waals surface area contributed by atoms with Gasteiger partial charge in [0.25, 0.3) is 5.91 Å². The number of nitrogens with one attached hydrogen (secondary N) is 2. The molecule has 0 fully saturated rings. The minimum atomic E-state index is -0.554. The van der Waals surface area contributed by atoms with Crippen molar-refractivity contribution >= 4 is 34.5 Å². The molecule has 6 heteroatoms. The highest BCUT2D eigenvalue weighted by atomic mass is 32.1. The van der Waals surface area contributed by atoms with Crippen LogP contribution < -0.4 is 10.6 Å². The van der Waals surface area contributed by atoms with E-state index < -0.39 is 6.04 Å². The zero-order valence-electron chi connectivity index (χ0n) is 14.7. The van der Waals surface area contributed by atoms with Gasteiger partial charge >= 0.3 is 0 Å². The Morgan fingerprint density at radius 2 is 1.83 bits per heavy atom. The van der Waals surface area contributed by atoms with Gasteiger partial charge in [0.05, 0.1) is 10.9 Å². The molecule has 2 amide bonds. The first kappa shape index (κ1) is 18.7. The summed E-state index contributed by atoms with van der Waals surface area (Å²) in [5, 5.41) is 7.75. The number of rotatable bonds is 6. The molecule has 0 radical (unpaired) electrons. The largest absolute Gasteiger partial charge is 0.348 e. The van der Waals surface area contributed by atoms with Gasteiger partial charge in [0.15, 0.2) is 0 Å². The molecular weight excluding hydrogens is 340 g/mol. The Kier molecular flexibility index (Phi) is 6.18. The van der Waals surface area contributed by atoms with Crippen molar-refractivity contribution in [2.45, 2.75) is 46.7 Å². The molecule has 4 nitrogen and oxygen atoms in total. The second-order valence-electron chi connectivity index (χ2n) is 6.27. The van der Waals surface area contributed by atoms with E-state index in [1.165, 1.54) is 21.1 Å². The Hall–Kier alpha value is -1.66. The number of aryl methyl sites for hydroxylation is 2. The Bertz CT molecular complexity index is 705. The van der Waals surface area contributed by atoms with E-state index in [9.17, 15) is 9.59 Å². The molecule has 24 heavy (non-hydrogen) atoms. The molecule has 0 saturated heterocycles. The highest BCUT2D eigenvalue weighted by Crippen LogP contribution is 2.26. The summed E-state index contributed by atoms with van der Waals surface area (Å²) < 4.78 is 0. The smallest absolute Gasteiger partial charge is 0.262 e. The van der Waals surface area contributed by atoms with Crippen LogP contribution in [0.25, 0.3) is 0 Å². The van der Waals surface area contributed by atoms with Gasteiger partial charge < -0.3 is 10.6 Å². The maximum absolute atomic E-state index is 12.7. The minimum absolute atomic E-state index is 0.00594. The van der Waals surface area contributed by atoms with E-state index in [0.29, 0.717) is 4.88 Å². The summed E-state index contributed by atoms with van der Waals surface area (Å²) in [7, 11) is 0. The van der Waals surface area contributed by atoms with E-state index in [4.69, 9.17) is 0 Å². The third-order valence-corrected chi connectivity index (χ3v) is 5.74. The standard InChI is InChI=1S/C18H24N2O2S2/c1-10(2)16(20-17(21)15-7-6-8-23-15)18(22)19-12(4)14-9-11(3)24-13(14)5/h6-10,12,16H,1-5H3,(H,19,22)(H,20,21)/t12-,16+/m1/s1. The molecule has 2 rings (SSSR count). The van der Waals surface area contributed by atoms with Gasteiger partial charge in [-0.1, -0.05) is 19.9 Å². The van der Waals surface area contributed by atoms with Gasteiger partial charge in [-0.15, -0.1) is 22.7 Å². The maximum atomic E-state index is 12.7. The molecule has 0 spiro atoms. The minimum Gasteiger partial charge on any atom is -0.348 e. The molecule has 0 aliphatic heterocycles. The summed E-state index contributed by atoms with van der Waals surface area (Å²) in [5.41, 5.74) is 1.14. The lowest BCUT2D eigenvalue weighted by atomic mass is 10.0. The molecule has 2 aromatic heterocycles. The molecular formula is C18H24N2O2S2. The van der Waals surface area contributed by atoms with Crippen LogP contribution in [0.2, 0.25) is 0 Å². The number of carbonyl (C=O) groups excluding carboxylic acids is 2. The fourth-order valence-corrected chi connectivity index (χ4v) is 4.27. The van der Waals surface area contributed by atoms with Crippen molar-refractivity contribution in [1.29, 1.82) is 0 Å². The highest BCUT2D eigenvalue weighted by molar-refractivity contribution is 7.12. The fraction of sp³-hybridized carbons (Fsp3) is 0.444. The van der Waals surface area contributed by atoms with Crippen LogP contribution in [0, 0.1) is 19.8 Å². The molecule has 0 aliphatic carbocycles. The Labute approximate surface area is 151 Å². The lowest BCUT2D eigenvalue weighted by Crippen LogP contribution is -2.50. The summed E-state index contributed by atoms with van der Waals surface area (Å²) in [6.07, 6.45) is 0. The van der Waals surface area contributed by atoms with Crippen molar-refractivity contribution in [1.82, 2.24) is 10.6 Å². The zero-order chi connectivity index (χ0) is 17.9. The summed E-state index contributed by atoms with van der Waals surface area (Å²) in [6, 6.07) is 5.06. The van der Waals surface area contributed by atoms with E-state index in [1.807, 2.05) is 32.2 Å². The second kappa shape index (κ2) is 7.94. The number of carbonyl (C=O) groups is 2. The van der Waals surface area contributed by atoms with E-state index in [0.717, 1.165) is 5.56 Å². The Morgan fingerprint density at radius 1 is 1.12 bits per heavy atom. The topological polar surface area (TPSA) is 58.2 Å². The molecule has 2 aromatic rings. The van der Waals surface area contributed by atoms with Crippen molar-refractivity contribution in [2.75, 3.05) is 0 Å². The second-order valence-corrected chi connectivity index (χ2v) is 8.68. The van der Waals surface area contributed by atoms with Gasteiger partial charge in [-0.3, -0.25) is 9.59 Å². The average molecular weight is 365 g/mol. The van der Waals surface area contributed by atoms with Crippen molar-refractivity contribution in [3.05, 3.63) is 43.8 Å². The fourth-order valence-electron chi connectivity index (χ4n) is 2.62. The molecule has 2 N–H and O–H groups in total. The lowest BCUT2D eigenvalue weighted by Gasteiger charge is -2.24. The predicted octanol–water partition coefficient (Wildman–Crippen LogP) is 4.06. The molecule has 0 aromatic carbocycles. The quantitative estimate of drug-likeness (QED) is 0.812. The number of hydrogen-bond acceptors (Lipinski definition) is 4. The lowest BCUT2D eigenvalue weighted by molar-refractivity contribution is -0.124. The van der Waals surface area contributed by atoms with Crippen molar-refractivity contribution in [3.8, 4) is 0 Å². The van der Waals surface area contributed by atoms with Crippen molar-refractivity contribution < 1.29 is 9.59 Å². The van der Waals surface area contributed by atoms with E-state index >= 15 is 0 Å². The van der Waals surface area contributed by atoms with Crippen LogP contribution in [0.5, 0.6) is 0 Å². The average Bonchev–Trinajstić information content (AvgIpc) is 3.13. The first-order chi connectivity index (χ1) is 11.3. The van der Waals surface area contributed by atoms with Gasteiger partial charge in [-0.2, -0.15) is 0 Å². The van der Waals surface area contributed by atoms with Crippen LogP contribution >= 0.6 is 22.7 Å². The highest BCUT2D eigenvalue weighted by Gasteiger charge is 2.26. The van der Waals surface area contributed by atoms with Crippen LogP contribution in [0.1, 0.15) is 51.8 Å². The third-order valence-electron chi connectivity index (χ3n) is 3.89. The number of amides is 2. The first-order valence-corrected chi connectivity index (χ1v) is 9.71. The monoisotopic (exact) mass is 364 g/mol. The van der Waals surface area contributed by atoms with Crippen molar-refractivity contribution in [2.24, 2.45) is 5.92 Å². The van der Waals surface area contributed by atoms with Gasteiger partial charge in [0, 0.05) is 9.75 Å². The molecule has 2 atom stereocenters. The van der Waals surface area contributed by atoms with Crippen LogP contribution in [0.15, 0.2) is 23.6 Å². The van der Waals surface area contributed by atoms with Crippen LogP contribution in [0.3, 0.4) is 0 Å². The maximum Gasteiger partial charge on any atom is 0.262 e. The van der Waals surface area contributed by atoms with Gasteiger partial charge in [-0.05, 0) is 49.8 Å². The molecule has 0 aliphatic rings. The summed E-state index contributed by atoms with van der Waals surface area (Å²) in [4.78, 5) is 28.0. The molecule has 0 unspecified atom stereocenters. The zero-order valence-corrected chi connectivity index (χ0v) is 16.3. The number of thiophene rings is 2. The SMILES string of the molecule is Cc1cc([C@@H](C)NC(=O)[C@@H](NC(=O)c2cccs2)C(C)C)c(C)s1. The summed E-state index contributed by atoms with van der Waals surface area (Å²) in [5.74, 6) is -0.342. The van der Waals surface area contributed by atoms with Gasteiger partial charge in [-0.25, -0.2) is 0 Å². The van der Waals surface area contributed by atoms with Gasteiger partial charge in [0.2, 0.25) is 5.91 Å². The first-order valence-electron chi connectivity index (χ1n) is 8.01. The predicted molar refractivity (Wildman–Crippen MR) is 101 cm³/mol.